The van der Waals surface area contributed by atoms with Crippen LogP contribution in [0.2, 0.25) is 0 Å². The molecule has 0 aliphatic carbocycles. The third-order valence-corrected chi connectivity index (χ3v) is 6.49. The minimum absolute atomic E-state index is 0.268. The summed E-state index contributed by atoms with van der Waals surface area (Å²) in [6, 6.07) is 13.5. The van der Waals surface area contributed by atoms with Crippen molar-refractivity contribution in [1.82, 2.24) is 0 Å². The summed E-state index contributed by atoms with van der Waals surface area (Å²) in [4.78, 5) is 11.2. The molecule has 0 spiro atoms. The minimum Gasteiger partial charge on any atom is -0.490 e. The largest absolute Gasteiger partial charge is 0.490 e. The molecule has 0 radical (unpaired) electrons. The van der Waals surface area contributed by atoms with Crippen molar-refractivity contribution in [2.45, 2.75) is 97.0 Å². The molecule has 0 fully saturated rings. The third kappa shape index (κ3) is 11.0. The lowest BCUT2D eigenvalue weighted by molar-refractivity contribution is 0.0697. The fourth-order valence-corrected chi connectivity index (χ4v) is 4.44. The molecule has 0 saturated heterocycles. The number of carbonyl (C=O) groups is 1. The van der Waals surface area contributed by atoms with Crippen LogP contribution in [-0.2, 0) is 0 Å². The fourth-order valence-electron chi connectivity index (χ4n) is 4.44. The van der Waals surface area contributed by atoms with E-state index in [9.17, 15) is 9.90 Å². The molecule has 0 aromatic heterocycles. The second-order valence-corrected chi connectivity index (χ2v) is 9.46. The van der Waals surface area contributed by atoms with Crippen molar-refractivity contribution in [3.05, 3.63) is 78.4 Å². The lowest BCUT2D eigenvalue weighted by Gasteiger charge is -2.20. The highest BCUT2D eigenvalue weighted by Gasteiger charge is 2.12. The van der Waals surface area contributed by atoms with Gasteiger partial charge in [-0.05, 0) is 86.4 Å². The van der Waals surface area contributed by atoms with E-state index >= 15 is 0 Å². The summed E-state index contributed by atoms with van der Waals surface area (Å²) in [5.41, 5.74) is 3.41. The maximum Gasteiger partial charge on any atom is 0.335 e. The Kier molecular flexibility index (Phi) is 13.6. The van der Waals surface area contributed by atoms with Gasteiger partial charge in [0.25, 0.3) is 0 Å². The molecule has 1 atom stereocenters. The summed E-state index contributed by atoms with van der Waals surface area (Å²) < 4.78 is 6.44. The molecule has 2 rings (SSSR count). The van der Waals surface area contributed by atoms with Crippen LogP contribution in [0, 0.1) is 6.92 Å². The molecule has 3 nitrogen and oxygen atoms in total. The highest BCUT2D eigenvalue weighted by atomic mass is 16.5. The van der Waals surface area contributed by atoms with Crippen LogP contribution in [0.4, 0.5) is 0 Å². The molecule has 0 bridgehead atoms. The Balaban J connectivity index is 1.89. The lowest BCUT2D eigenvalue weighted by atomic mass is 9.98. The van der Waals surface area contributed by atoms with Gasteiger partial charge in [-0.2, -0.15) is 0 Å². The zero-order valence-electron chi connectivity index (χ0n) is 21.8. The highest BCUT2D eigenvalue weighted by molar-refractivity contribution is 5.89. The molecule has 0 amide bonds. The summed E-state index contributed by atoms with van der Waals surface area (Å²) in [5, 5.41) is 9.20. The molecule has 3 heteroatoms. The van der Waals surface area contributed by atoms with Gasteiger partial charge in [0.2, 0.25) is 0 Å². The quantitative estimate of drug-likeness (QED) is 0.172. The Bertz CT molecular complexity index is 911. The van der Waals surface area contributed by atoms with Crippen LogP contribution in [0.25, 0.3) is 11.1 Å². The number of hydrogen-bond acceptors (Lipinski definition) is 2. The zero-order valence-corrected chi connectivity index (χ0v) is 21.8. The number of hydrogen-bond donors (Lipinski definition) is 1. The number of carboxylic acids is 1. The van der Waals surface area contributed by atoms with Crippen molar-refractivity contribution in [2.75, 3.05) is 0 Å². The smallest absolute Gasteiger partial charge is 0.335 e. The maximum absolute atomic E-state index is 11.2. The Hall–Kier alpha value is -2.81. The zero-order chi connectivity index (χ0) is 25.3. The Morgan fingerprint density at radius 3 is 2.23 bits per heavy atom. The number of aromatic carboxylic acids is 1. The van der Waals surface area contributed by atoms with Crippen LogP contribution in [0.1, 0.15) is 99.9 Å². The van der Waals surface area contributed by atoms with Crippen molar-refractivity contribution < 1.29 is 14.6 Å². The lowest BCUT2D eigenvalue weighted by Crippen LogP contribution is -2.16. The second-order valence-electron chi connectivity index (χ2n) is 9.46. The Morgan fingerprint density at radius 2 is 1.60 bits per heavy atom. The molecule has 35 heavy (non-hydrogen) atoms. The van der Waals surface area contributed by atoms with Gasteiger partial charge >= 0.3 is 5.97 Å². The van der Waals surface area contributed by atoms with Gasteiger partial charge in [0.05, 0.1) is 11.7 Å². The molecule has 0 aliphatic rings. The third-order valence-electron chi connectivity index (χ3n) is 6.49. The normalized spacial score (nSPS) is 12.1. The van der Waals surface area contributed by atoms with Gasteiger partial charge in [0.15, 0.2) is 0 Å². The number of carboxylic acid groups (broad SMARTS) is 1. The predicted molar refractivity (Wildman–Crippen MR) is 148 cm³/mol. The van der Waals surface area contributed by atoms with Gasteiger partial charge in [-0.15, -0.1) is 0 Å². The maximum atomic E-state index is 11.2. The summed E-state index contributed by atoms with van der Waals surface area (Å²) in [5.74, 6) is 0.0251. The van der Waals surface area contributed by atoms with Crippen molar-refractivity contribution >= 4 is 5.97 Å². The van der Waals surface area contributed by atoms with E-state index < -0.39 is 5.97 Å². The van der Waals surface area contributed by atoms with Crippen LogP contribution in [0.5, 0.6) is 5.75 Å². The van der Waals surface area contributed by atoms with Gasteiger partial charge in [0, 0.05) is 0 Å². The van der Waals surface area contributed by atoms with Gasteiger partial charge in [-0.3, -0.25) is 0 Å². The average molecular weight is 477 g/mol. The second kappa shape index (κ2) is 16.8. The number of unbranched alkanes of at least 4 members (excludes halogenated alkanes) is 8. The first-order valence-electron chi connectivity index (χ1n) is 13.4. The summed E-state index contributed by atoms with van der Waals surface area (Å²) in [7, 11) is 0. The van der Waals surface area contributed by atoms with Crippen LogP contribution in [0.15, 0.2) is 67.3 Å². The van der Waals surface area contributed by atoms with E-state index in [4.69, 9.17) is 4.74 Å². The molecular formula is C32H44O3. The van der Waals surface area contributed by atoms with Crippen LogP contribution in [0.3, 0.4) is 0 Å². The van der Waals surface area contributed by atoms with E-state index in [1.165, 1.54) is 57.8 Å². The Morgan fingerprint density at radius 1 is 0.943 bits per heavy atom. The highest BCUT2D eigenvalue weighted by Crippen LogP contribution is 2.28. The molecule has 190 valence electrons. The summed E-state index contributed by atoms with van der Waals surface area (Å²) in [6.45, 7) is 7.91. The molecule has 1 unspecified atom stereocenters. The van der Waals surface area contributed by atoms with E-state index in [0.717, 1.165) is 41.7 Å². The molecule has 0 aliphatic heterocycles. The van der Waals surface area contributed by atoms with Crippen LogP contribution in [-0.4, -0.2) is 17.2 Å². The van der Waals surface area contributed by atoms with Crippen molar-refractivity contribution in [3.8, 4) is 16.9 Å². The number of ether oxygens (including phenoxy) is 1. The topological polar surface area (TPSA) is 46.5 Å². The van der Waals surface area contributed by atoms with Gasteiger partial charge in [-0.25, -0.2) is 4.79 Å². The molecule has 2 aromatic carbocycles. The van der Waals surface area contributed by atoms with Crippen LogP contribution < -0.4 is 4.74 Å². The first kappa shape index (κ1) is 28.4. The standard InChI is InChI=1S/C32H44O3/c1-4-6-8-10-11-12-13-14-16-18-29(17-15-9-7-5-2)35-30-22-19-27(20-23-30)31-24-21-28(32(33)34)25-26(31)3/h4,6,8,19-25,29H,1,5,7,9-18H2,2-3H3,(H,33,34)/b8-6+. The number of benzene rings is 2. The molecular weight excluding hydrogens is 432 g/mol. The molecule has 2 aromatic rings. The summed E-state index contributed by atoms with van der Waals surface area (Å²) in [6.07, 6.45) is 21.1. The van der Waals surface area contributed by atoms with E-state index in [1.807, 2.05) is 25.1 Å². The van der Waals surface area contributed by atoms with Crippen molar-refractivity contribution in [1.29, 1.82) is 0 Å². The number of aryl methyl sites for hydroxylation is 1. The van der Waals surface area contributed by atoms with Gasteiger partial charge in [0.1, 0.15) is 5.75 Å². The monoisotopic (exact) mass is 476 g/mol. The Labute approximate surface area is 212 Å². The van der Waals surface area contributed by atoms with E-state index in [1.54, 1.807) is 12.1 Å². The van der Waals surface area contributed by atoms with Crippen LogP contribution >= 0.6 is 0 Å². The molecule has 0 heterocycles. The predicted octanol–water partition coefficient (Wildman–Crippen LogP) is 9.55. The minimum atomic E-state index is -0.894. The fraction of sp³-hybridized carbons (Fsp3) is 0.469. The van der Waals surface area contributed by atoms with Crippen molar-refractivity contribution in [3.63, 3.8) is 0 Å². The van der Waals surface area contributed by atoms with E-state index in [-0.39, 0.29) is 6.10 Å². The number of rotatable bonds is 18. The van der Waals surface area contributed by atoms with Crippen molar-refractivity contribution in [2.24, 2.45) is 0 Å². The van der Waals surface area contributed by atoms with E-state index in [2.05, 4.69) is 43.8 Å². The molecule has 1 N–H and O–H groups in total. The van der Waals surface area contributed by atoms with Gasteiger partial charge in [-0.1, -0.05) is 88.5 Å². The average Bonchev–Trinajstić information content (AvgIpc) is 2.86. The first-order chi connectivity index (χ1) is 17.0. The van der Waals surface area contributed by atoms with Gasteiger partial charge < -0.3 is 9.84 Å². The number of allylic oxidation sites excluding steroid dienone is 3. The SMILES string of the molecule is C=C/C=C/CCCCCCCC(CCCCCC)Oc1ccc(-c2ccc(C(=O)O)cc2C)cc1. The van der Waals surface area contributed by atoms with E-state index in [0.29, 0.717) is 5.56 Å². The summed E-state index contributed by atoms with van der Waals surface area (Å²) >= 11 is 0. The first-order valence-corrected chi connectivity index (χ1v) is 13.4. The molecule has 0 saturated carbocycles.